The molecule has 0 aliphatic carbocycles. The number of rotatable bonds is 4. The van der Waals surface area contributed by atoms with Crippen molar-refractivity contribution >= 4 is 16.9 Å². The van der Waals surface area contributed by atoms with Crippen LogP contribution in [0.2, 0.25) is 0 Å². The van der Waals surface area contributed by atoms with Gasteiger partial charge in [0.1, 0.15) is 17.3 Å². The zero-order valence-electron chi connectivity index (χ0n) is 17.2. The van der Waals surface area contributed by atoms with Gasteiger partial charge in [-0.3, -0.25) is 9.69 Å². The molecule has 0 spiro atoms. The van der Waals surface area contributed by atoms with E-state index in [1.807, 2.05) is 24.0 Å². The van der Waals surface area contributed by atoms with Gasteiger partial charge >= 0.3 is 0 Å². The van der Waals surface area contributed by atoms with Crippen molar-refractivity contribution in [3.63, 3.8) is 0 Å². The predicted octanol–water partition coefficient (Wildman–Crippen LogP) is 3.42. The second kappa shape index (κ2) is 7.96. The van der Waals surface area contributed by atoms with Crippen LogP contribution in [0, 0.1) is 12.7 Å². The van der Waals surface area contributed by atoms with Crippen molar-refractivity contribution < 1.29 is 13.6 Å². The van der Waals surface area contributed by atoms with Crippen LogP contribution >= 0.6 is 0 Å². The molecule has 7 nitrogen and oxygen atoms in total. The van der Waals surface area contributed by atoms with Crippen molar-refractivity contribution in [3.05, 3.63) is 77.8 Å². The first kappa shape index (κ1) is 19.4. The van der Waals surface area contributed by atoms with E-state index in [0.29, 0.717) is 41.1 Å². The number of hydrogen-bond donors (Lipinski definition) is 0. The molecule has 0 bridgehead atoms. The van der Waals surface area contributed by atoms with Crippen molar-refractivity contribution in [2.24, 2.45) is 0 Å². The van der Waals surface area contributed by atoms with Gasteiger partial charge in [-0.1, -0.05) is 12.1 Å². The summed E-state index contributed by atoms with van der Waals surface area (Å²) in [6, 6.07) is 12.0. The standard InChI is InChI=1S/C23H22FN5O2/c1-16-13-18(19-14-25-29(22(19)26-16)21-7-3-2-6-20(21)24)23(30)28-10-8-27(9-11-28)15-17-5-4-12-31-17/h2-7,12-14H,8-11,15H2,1H3. The summed E-state index contributed by atoms with van der Waals surface area (Å²) in [4.78, 5) is 22.0. The maximum Gasteiger partial charge on any atom is 0.254 e. The molecule has 1 saturated heterocycles. The number of pyridine rings is 1. The summed E-state index contributed by atoms with van der Waals surface area (Å²) in [5.74, 6) is 0.476. The Hall–Kier alpha value is -3.52. The van der Waals surface area contributed by atoms with Gasteiger partial charge in [0.15, 0.2) is 5.65 Å². The van der Waals surface area contributed by atoms with Crippen molar-refractivity contribution in [1.82, 2.24) is 24.6 Å². The third-order valence-electron chi connectivity index (χ3n) is 5.60. The summed E-state index contributed by atoms with van der Waals surface area (Å²) < 4.78 is 21.2. The molecule has 4 heterocycles. The van der Waals surface area contributed by atoms with Gasteiger partial charge in [-0.25, -0.2) is 14.1 Å². The lowest BCUT2D eigenvalue weighted by molar-refractivity contribution is 0.0622. The van der Waals surface area contributed by atoms with Crippen molar-refractivity contribution in [3.8, 4) is 5.69 Å². The van der Waals surface area contributed by atoms with Crippen molar-refractivity contribution in [2.75, 3.05) is 26.2 Å². The van der Waals surface area contributed by atoms with Gasteiger partial charge in [0.05, 0.1) is 30.0 Å². The minimum absolute atomic E-state index is 0.0544. The van der Waals surface area contributed by atoms with E-state index in [9.17, 15) is 9.18 Å². The molecule has 1 amide bonds. The molecule has 8 heteroatoms. The number of fused-ring (bicyclic) bond motifs is 1. The van der Waals surface area contributed by atoms with E-state index in [-0.39, 0.29) is 5.91 Å². The van der Waals surface area contributed by atoms with Crippen LogP contribution in [-0.2, 0) is 6.54 Å². The molecule has 1 aromatic carbocycles. The van der Waals surface area contributed by atoms with Crippen molar-refractivity contribution in [1.29, 1.82) is 0 Å². The summed E-state index contributed by atoms with van der Waals surface area (Å²) in [6.45, 7) is 5.37. The van der Waals surface area contributed by atoms with Crippen molar-refractivity contribution in [2.45, 2.75) is 13.5 Å². The Kier molecular flexibility index (Phi) is 4.99. The first-order valence-corrected chi connectivity index (χ1v) is 10.2. The molecular weight excluding hydrogens is 397 g/mol. The topological polar surface area (TPSA) is 67.4 Å². The average Bonchev–Trinajstić information content (AvgIpc) is 3.43. The van der Waals surface area contributed by atoms with Crippen LogP contribution in [0.5, 0.6) is 0 Å². The number of nitrogens with zero attached hydrogens (tertiary/aromatic N) is 5. The van der Waals surface area contributed by atoms with E-state index < -0.39 is 5.82 Å². The van der Waals surface area contributed by atoms with Gasteiger partial charge in [-0.2, -0.15) is 5.10 Å². The van der Waals surface area contributed by atoms with Crippen LogP contribution in [0.1, 0.15) is 21.8 Å². The molecule has 0 unspecified atom stereocenters. The Bertz CT molecular complexity index is 1230. The lowest BCUT2D eigenvalue weighted by Gasteiger charge is -2.34. The Balaban J connectivity index is 1.40. The monoisotopic (exact) mass is 419 g/mol. The van der Waals surface area contributed by atoms with E-state index in [2.05, 4.69) is 15.0 Å². The molecule has 3 aromatic heterocycles. The summed E-state index contributed by atoms with van der Waals surface area (Å²) in [5.41, 5.74) is 2.01. The Morgan fingerprint density at radius 1 is 1.13 bits per heavy atom. The van der Waals surface area contributed by atoms with E-state index in [1.54, 1.807) is 36.7 Å². The van der Waals surface area contributed by atoms with Gasteiger partial charge in [0.25, 0.3) is 5.91 Å². The summed E-state index contributed by atoms with van der Waals surface area (Å²) in [5, 5.41) is 4.96. The van der Waals surface area contributed by atoms with E-state index in [0.717, 1.165) is 25.4 Å². The van der Waals surface area contributed by atoms with E-state index >= 15 is 0 Å². The highest BCUT2D eigenvalue weighted by atomic mass is 19.1. The zero-order valence-corrected chi connectivity index (χ0v) is 17.2. The van der Waals surface area contributed by atoms with E-state index in [1.165, 1.54) is 10.7 Å². The summed E-state index contributed by atoms with van der Waals surface area (Å²) in [7, 11) is 0. The van der Waals surface area contributed by atoms with Gasteiger partial charge in [-0.05, 0) is 37.3 Å². The second-order valence-corrected chi connectivity index (χ2v) is 7.70. The Morgan fingerprint density at radius 3 is 2.68 bits per heavy atom. The number of carbonyl (C=O) groups excluding carboxylic acids is 1. The highest BCUT2D eigenvalue weighted by Crippen LogP contribution is 2.24. The quantitative estimate of drug-likeness (QED) is 0.507. The third kappa shape index (κ3) is 3.70. The third-order valence-corrected chi connectivity index (χ3v) is 5.60. The first-order chi connectivity index (χ1) is 15.1. The Morgan fingerprint density at radius 2 is 1.94 bits per heavy atom. The van der Waals surface area contributed by atoms with Crippen LogP contribution in [-0.4, -0.2) is 56.7 Å². The molecule has 1 aliphatic heterocycles. The molecule has 1 fully saturated rings. The van der Waals surface area contributed by atoms with Crippen LogP contribution in [0.3, 0.4) is 0 Å². The molecule has 0 radical (unpaired) electrons. The van der Waals surface area contributed by atoms with Gasteiger partial charge in [0, 0.05) is 31.9 Å². The lowest BCUT2D eigenvalue weighted by Crippen LogP contribution is -2.48. The van der Waals surface area contributed by atoms with Crippen LogP contribution in [0.15, 0.2) is 59.3 Å². The number of amides is 1. The molecule has 0 saturated carbocycles. The molecule has 0 atom stereocenters. The maximum absolute atomic E-state index is 14.3. The fourth-order valence-electron chi connectivity index (χ4n) is 4.00. The fraction of sp³-hybridized carbons (Fsp3) is 0.261. The van der Waals surface area contributed by atoms with Crippen LogP contribution in [0.25, 0.3) is 16.7 Å². The van der Waals surface area contributed by atoms with Crippen LogP contribution < -0.4 is 0 Å². The molecular formula is C23H22FN5O2. The maximum atomic E-state index is 14.3. The fourth-order valence-corrected chi connectivity index (χ4v) is 4.00. The molecule has 4 aromatic rings. The minimum atomic E-state index is -0.392. The number of furan rings is 1. The number of aryl methyl sites for hydroxylation is 1. The zero-order chi connectivity index (χ0) is 21.4. The molecule has 158 valence electrons. The smallest absolute Gasteiger partial charge is 0.254 e. The largest absolute Gasteiger partial charge is 0.468 e. The van der Waals surface area contributed by atoms with Gasteiger partial charge < -0.3 is 9.32 Å². The number of piperazine rings is 1. The number of carbonyl (C=O) groups is 1. The molecule has 0 N–H and O–H groups in total. The SMILES string of the molecule is Cc1cc(C(=O)N2CCN(Cc3ccco3)CC2)c2cnn(-c3ccccc3F)c2n1. The number of hydrogen-bond acceptors (Lipinski definition) is 5. The summed E-state index contributed by atoms with van der Waals surface area (Å²) in [6.07, 6.45) is 3.27. The number of benzene rings is 1. The lowest BCUT2D eigenvalue weighted by atomic mass is 10.1. The van der Waals surface area contributed by atoms with E-state index in [4.69, 9.17) is 4.42 Å². The average molecular weight is 419 g/mol. The highest BCUT2D eigenvalue weighted by Gasteiger charge is 2.25. The normalized spacial score (nSPS) is 15.0. The number of para-hydroxylation sites is 1. The first-order valence-electron chi connectivity index (χ1n) is 10.2. The van der Waals surface area contributed by atoms with Gasteiger partial charge in [0.2, 0.25) is 0 Å². The highest BCUT2D eigenvalue weighted by molar-refractivity contribution is 6.05. The van der Waals surface area contributed by atoms with Gasteiger partial charge in [-0.15, -0.1) is 0 Å². The number of halogens is 1. The summed E-state index contributed by atoms with van der Waals surface area (Å²) >= 11 is 0. The molecule has 31 heavy (non-hydrogen) atoms. The molecule has 1 aliphatic rings. The number of aromatic nitrogens is 3. The second-order valence-electron chi connectivity index (χ2n) is 7.70. The minimum Gasteiger partial charge on any atom is -0.468 e. The Labute approximate surface area is 178 Å². The predicted molar refractivity (Wildman–Crippen MR) is 113 cm³/mol. The van der Waals surface area contributed by atoms with Crippen LogP contribution in [0.4, 0.5) is 4.39 Å². The molecule has 5 rings (SSSR count).